The Bertz CT molecular complexity index is 1080. The Balaban J connectivity index is 1.41. The smallest absolute Gasteiger partial charge is 0.256 e. The van der Waals surface area contributed by atoms with Crippen molar-refractivity contribution in [3.8, 4) is 6.07 Å². The number of nitriles is 1. The van der Waals surface area contributed by atoms with Gasteiger partial charge in [0.1, 0.15) is 11.1 Å². The number of anilines is 1. The van der Waals surface area contributed by atoms with E-state index in [1.807, 2.05) is 29.2 Å². The van der Waals surface area contributed by atoms with Gasteiger partial charge < -0.3 is 10.2 Å². The molecule has 1 aromatic carbocycles. The quantitative estimate of drug-likeness (QED) is 0.602. The van der Waals surface area contributed by atoms with E-state index in [1.165, 1.54) is 16.2 Å². The van der Waals surface area contributed by atoms with E-state index in [2.05, 4.69) is 22.8 Å². The van der Waals surface area contributed by atoms with Gasteiger partial charge in [0.05, 0.1) is 12.1 Å². The maximum atomic E-state index is 12.7. The minimum Gasteiger partial charge on any atom is -0.337 e. The Morgan fingerprint density at radius 2 is 2.00 bits per heavy atom. The molecule has 0 bridgehead atoms. The minimum absolute atomic E-state index is 0.152. The third kappa shape index (κ3) is 4.45. The van der Waals surface area contributed by atoms with Crippen LogP contribution in [0.4, 0.5) is 5.00 Å². The molecule has 3 heterocycles. The topological polar surface area (TPSA) is 73.2 Å². The molecule has 0 aliphatic carbocycles. The van der Waals surface area contributed by atoms with Gasteiger partial charge in [-0.05, 0) is 48.4 Å². The molecule has 5 nitrogen and oxygen atoms in total. The summed E-state index contributed by atoms with van der Waals surface area (Å²) in [6.07, 6.45) is 2.94. The molecule has 0 atom stereocenters. The molecular formula is C23H21N3O2S2. The van der Waals surface area contributed by atoms with Crippen molar-refractivity contribution < 1.29 is 9.59 Å². The Hall–Kier alpha value is -2.95. The SMILES string of the molecule is N#Cc1c(NC(=O)c2ccccc2)sc2c1CCN(C(=O)CCCc1cccs1)C2. The van der Waals surface area contributed by atoms with E-state index < -0.39 is 0 Å². The van der Waals surface area contributed by atoms with Gasteiger partial charge in [-0.25, -0.2) is 0 Å². The van der Waals surface area contributed by atoms with Gasteiger partial charge in [0.15, 0.2) is 0 Å². The molecule has 0 unspecified atom stereocenters. The van der Waals surface area contributed by atoms with Gasteiger partial charge >= 0.3 is 0 Å². The lowest BCUT2D eigenvalue weighted by molar-refractivity contribution is -0.132. The second-order valence-electron chi connectivity index (χ2n) is 7.14. The van der Waals surface area contributed by atoms with Crippen LogP contribution in [0, 0.1) is 11.3 Å². The maximum absolute atomic E-state index is 12.7. The molecule has 0 fully saturated rings. The van der Waals surface area contributed by atoms with Crippen LogP contribution in [0.5, 0.6) is 0 Å². The summed E-state index contributed by atoms with van der Waals surface area (Å²) in [5.74, 6) is -0.0776. The van der Waals surface area contributed by atoms with Gasteiger partial charge in [-0.3, -0.25) is 9.59 Å². The van der Waals surface area contributed by atoms with E-state index >= 15 is 0 Å². The van der Waals surface area contributed by atoms with Gasteiger partial charge in [-0.15, -0.1) is 22.7 Å². The van der Waals surface area contributed by atoms with E-state index in [1.54, 1.807) is 23.5 Å². The molecule has 0 spiro atoms. The summed E-state index contributed by atoms with van der Waals surface area (Å²) in [5, 5.41) is 15.2. The number of hydrogen-bond donors (Lipinski definition) is 1. The number of carbonyl (C=O) groups excluding carboxylic acids is 2. The van der Waals surface area contributed by atoms with Crippen LogP contribution in [0.25, 0.3) is 0 Å². The molecule has 1 aliphatic heterocycles. The number of fused-ring (bicyclic) bond motifs is 1. The average molecular weight is 436 g/mol. The highest BCUT2D eigenvalue weighted by Gasteiger charge is 2.27. The molecular weight excluding hydrogens is 414 g/mol. The Morgan fingerprint density at radius 1 is 1.17 bits per heavy atom. The Morgan fingerprint density at radius 3 is 2.73 bits per heavy atom. The lowest BCUT2D eigenvalue weighted by atomic mass is 10.0. The van der Waals surface area contributed by atoms with Crippen molar-refractivity contribution in [1.29, 1.82) is 5.26 Å². The maximum Gasteiger partial charge on any atom is 0.256 e. The number of rotatable bonds is 6. The van der Waals surface area contributed by atoms with Crippen molar-refractivity contribution in [2.24, 2.45) is 0 Å². The number of nitrogens with one attached hydrogen (secondary N) is 1. The molecule has 4 rings (SSSR count). The summed E-state index contributed by atoms with van der Waals surface area (Å²) in [5.41, 5.74) is 2.05. The number of amides is 2. The molecule has 2 amide bonds. The number of thiophene rings is 2. The summed E-state index contributed by atoms with van der Waals surface area (Å²) in [6, 6.07) is 15.3. The number of nitrogens with zero attached hydrogens (tertiary/aromatic N) is 2. The molecule has 7 heteroatoms. The molecule has 1 N–H and O–H groups in total. The zero-order valence-electron chi connectivity index (χ0n) is 16.4. The second-order valence-corrected chi connectivity index (χ2v) is 9.28. The number of aryl methyl sites for hydroxylation is 1. The molecule has 3 aromatic rings. The van der Waals surface area contributed by atoms with Crippen LogP contribution >= 0.6 is 22.7 Å². The van der Waals surface area contributed by atoms with E-state index in [4.69, 9.17) is 0 Å². The first kappa shape index (κ1) is 20.3. The van der Waals surface area contributed by atoms with Crippen molar-refractivity contribution in [2.45, 2.75) is 32.2 Å². The predicted octanol–water partition coefficient (Wildman–Crippen LogP) is 4.84. The third-order valence-corrected chi connectivity index (χ3v) is 7.25. The molecule has 1 aliphatic rings. The minimum atomic E-state index is -0.229. The zero-order valence-corrected chi connectivity index (χ0v) is 18.0. The van der Waals surface area contributed by atoms with Gasteiger partial charge in [0, 0.05) is 28.3 Å². The predicted molar refractivity (Wildman–Crippen MR) is 120 cm³/mol. The molecule has 30 heavy (non-hydrogen) atoms. The van der Waals surface area contributed by atoms with Crippen LogP contribution in [0.2, 0.25) is 0 Å². The highest BCUT2D eigenvalue weighted by atomic mass is 32.1. The first-order valence-corrected chi connectivity index (χ1v) is 11.6. The number of benzene rings is 1. The van der Waals surface area contributed by atoms with Crippen LogP contribution < -0.4 is 5.32 Å². The van der Waals surface area contributed by atoms with Gasteiger partial charge in [0.25, 0.3) is 5.91 Å². The van der Waals surface area contributed by atoms with E-state index in [9.17, 15) is 14.9 Å². The Kier molecular flexibility index (Phi) is 6.26. The van der Waals surface area contributed by atoms with E-state index in [0.717, 1.165) is 23.3 Å². The zero-order chi connectivity index (χ0) is 20.9. The second kappa shape index (κ2) is 9.24. The number of carbonyl (C=O) groups is 2. The average Bonchev–Trinajstić information content (AvgIpc) is 3.40. The highest BCUT2D eigenvalue weighted by molar-refractivity contribution is 7.16. The highest BCUT2D eigenvalue weighted by Crippen LogP contribution is 2.37. The fourth-order valence-electron chi connectivity index (χ4n) is 3.61. The monoisotopic (exact) mass is 435 g/mol. The first-order valence-electron chi connectivity index (χ1n) is 9.87. The largest absolute Gasteiger partial charge is 0.337 e. The van der Waals surface area contributed by atoms with Crippen molar-refractivity contribution >= 4 is 39.5 Å². The van der Waals surface area contributed by atoms with Gasteiger partial charge in [-0.2, -0.15) is 5.26 Å². The van der Waals surface area contributed by atoms with Crippen LogP contribution in [0.1, 0.15) is 44.1 Å². The Labute approximate surface area is 183 Å². The van der Waals surface area contributed by atoms with E-state index in [0.29, 0.717) is 42.1 Å². The van der Waals surface area contributed by atoms with Crippen molar-refractivity contribution in [2.75, 3.05) is 11.9 Å². The van der Waals surface area contributed by atoms with Crippen LogP contribution in [-0.2, 0) is 24.2 Å². The summed E-state index contributed by atoms with van der Waals surface area (Å²) in [6.45, 7) is 1.12. The molecule has 0 saturated carbocycles. The summed E-state index contributed by atoms with van der Waals surface area (Å²) < 4.78 is 0. The summed E-state index contributed by atoms with van der Waals surface area (Å²) in [4.78, 5) is 29.3. The fraction of sp³-hybridized carbons (Fsp3) is 0.261. The van der Waals surface area contributed by atoms with Crippen LogP contribution in [0.15, 0.2) is 47.8 Å². The van der Waals surface area contributed by atoms with Crippen molar-refractivity contribution in [3.63, 3.8) is 0 Å². The summed E-state index contributed by atoms with van der Waals surface area (Å²) in [7, 11) is 0. The summed E-state index contributed by atoms with van der Waals surface area (Å²) >= 11 is 3.13. The van der Waals surface area contributed by atoms with Gasteiger partial charge in [0.2, 0.25) is 5.91 Å². The normalized spacial score (nSPS) is 12.8. The standard InChI is InChI=1S/C23H21N3O2S2/c24-14-19-18-11-12-26(21(27)10-4-8-17-9-5-13-29-17)15-20(18)30-23(19)25-22(28)16-6-2-1-3-7-16/h1-3,5-7,9,13H,4,8,10-12,15H2,(H,25,28). The number of hydrogen-bond acceptors (Lipinski definition) is 5. The van der Waals surface area contributed by atoms with Crippen molar-refractivity contribution in [3.05, 3.63) is 74.3 Å². The van der Waals surface area contributed by atoms with Gasteiger partial charge in [-0.1, -0.05) is 24.3 Å². The molecule has 2 aromatic heterocycles. The molecule has 0 radical (unpaired) electrons. The fourth-order valence-corrected chi connectivity index (χ4v) is 5.57. The van der Waals surface area contributed by atoms with Crippen molar-refractivity contribution in [1.82, 2.24) is 4.90 Å². The van der Waals surface area contributed by atoms with E-state index in [-0.39, 0.29) is 11.8 Å². The molecule has 0 saturated heterocycles. The van der Waals surface area contributed by atoms with Crippen LogP contribution in [0.3, 0.4) is 0 Å². The third-order valence-electron chi connectivity index (χ3n) is 5.18. The lowest BCUT2D eigenvalue weighted by Crippen LogP contribution is -2.35. The first-order chi connectivity index (χ1) is 14.7. The molecule has 152 valence electrons. The van der Waals surface area contributed by atoms with Crippen LogP contribution in [-0.4, -0.2) is 23.3 Å². The lowest BCUT2D eigenvalue weighted by Gasteiger charge is -2.27.